The highest BCUT2D eigenvalue weighted by Gasteiger charge is 2.30. The maximum absolute atomic E-state index is 13.0. The molecular formula is C22H27N3O6. The minimum atomic E-state index is -1.05. The summed E-state index contributed by atoms with van der Waals surface area (Å²) >= 11 is 0. The molecule has 31 heavy (non-hydrogen) atoms. The molecule has 0 radical (unpaired) electrons. The van der Waals surface area contributed by atoms with E-state index in [2.05, 4.69) is 10.6 Å². The molecule has 0 saturated carbocycles. The molecule has 1 aromatic heterocycles. The third kappa shape index (κ3) is 6.43. The normalized spacial score (nSPS) is 12.0. The molecule has 9 nitrogen and oxygen atoms in total. The van der Waals surface area contributed by atoms with Gasteiger partial charge in [0.05, 0.1) is 5.56 Å². The number of Topliss-reactive ketones (excluding diaryl/α,β-unsaturated/α-hetero) is 1. The molecule has 3 amide bonds. The molecule has 1 heterocycles. The van der Waals surface area contributed by atoms with Crippen molar-refractivity contribution in [1.29, 1.82) is 0 Å². The van der Waals surface area contributed by atoms with Crippen LogP contribution in [0.1, 0.15) is 59.7 Å². The molecule has 4 N–H and O–H groups in total. The van der Waals surface area contributed by atoms with E-state index in [1.807, 2.05) is 6.07 Å². The molecule has 0 saturated heterocycles. The molecule has 0 aliphatic rings. The average Bonchev–Trinajstić information content (AvgIpc) is 2.96. The summed E-state index contributed by atoms with van der Waals surface area (Å²) in [7, 11) is 0. The second-order valence-electron chi connectivity index (χ2n) is 8.04. The fourth-order valence-corrected chi connectivity index (χ4v) is 3.00. The van der Waals surface area contributed by atoms with Crippen LogP contribution in [-0.4, -0.2) is 35.3 Å². The van der Waals surface area contributed by atoms with Gasteiger partial charge in [-0.15, -0.1) is 0 Å². The predicted octanol–water partition coefficient (Wildman–Crippen LogP) is 2.96. The van der Waals surface area contributed by atoms with Crippen LogP contribution in [0, 0.1) is 6.92 Å². The van der Waals surface area contributed by atoms with Crippen molar-refractivity contribution in [2.75, 3.05) is 5.32 Å². The Balaban J connectivity index is 2.32. The number of primary amides is 1. The fourth-order valence-electron chi connectivity index (χ4n) is 3.00. The van der Waals surface area contributed by atoms with Gasteiger partial charge in [-0.3, -0.25) is 19.7 Å². The van der Waals surface area contributed by atoms with E-state index in [1.165, 1.54) is 13.8 Å². The van der Waals surface area contributed by atoms with Crippen LogP contribution in [0.25, 0.3) is 0 Å². The molecule has 0 spiro atoms. The van der Waals surface area contributed by atoms with Crippen molar-refractivity contribution >= 4 is 29.6 Å². The molecule has 1 aromatic carbocycles. The van der Waals surface area contributed by atoms with Crippen molar-refractivity contribution in [2.45, 2.75) is 52.7 Å². The molecule has 9 heteroatoms. The minimum Gasteiger partial charge on any atom is -0.444 e. The zero-order chi connectivity index (χ0) is 23.3. The zero-order valence-electron chi connectivity index (χ0n) is 18.2. The van der Waals surface area contributed by atoms with Crippen molar-refractivity contribution in [3.05, 3.63) is 52.8 Å². The summed E-state index contributed by atoms with van der Waals surface area (Å²) in [5, 5.41) is 5.00. The molecule has 1 atom stereocenters. The Bertz CT molecular complexity index is 989. The largest absolute Gasteiger partial charge is 0.444 e. The first-order chi connectivity index (χ1) is 14.4. The van der Waals surface area contributed by atoms with Gasteiger partial charge in [0.25, 0.3) is 5.91 Å². The molecule has 0 aliphatic carbocycles. The van der Waals surface area contributed by atoms with Crippen LogP contribution in [0.3, 0.4) is 0 Å². The van der Waals surface area contributed by atoms with Gasteiger partial charge in [0, 0.05) is 6.42 Å². The summed E-state index contributed by atoms with van der Waals surface area (Å²) in [6, 6.07) is 7.99. The van der Waals surface area contributed by atoms with Crippen molar-refractivity contribution in [3.8, 4) is 0 Å². The number of benzene rings is 1. The molecule has 2 rings (SSSR count). The number of aryl methyl sites for hydroxylation is 1. The Hall–Kier alpha value is -3.62. The molecule has 2 aromatic rings. The predicted molar refractivity (Wildman–Crippen MR) is 114 cm³/mol. The fraction of sp³-hybridized carbons (Fsp3) is 0.364. The lowest BCUT2D eigenvalue weighted by molar-refractivity contribution is -0.118. The third-order valence-corrected chi connectivity index (χ3v) is 4.21. The van der Waals surface area contributed by atoms with Crippen LogP contribution in [-0.2, 0) is 16.0 Å². The summed E-state index contributed by atoms with van der Waals surface area (Å²) in [6.45, 7) is 7.85. The lowest BCUT2D eigenvalue weighted by Gasteiger charge is -2.23. The van der Waals surface area contributed by atoms with E-state index in [9.17, 15) is 19.2 Å². The first-order valence-electron chi connectivity index (χ1n) is 9.67. The number of hydrogen-bond acceptors (Lipinski definition) is 6. The quantitative estimate of drug-likeness (QED) is 0.578. The number of alkyl carbamates (subject to hydrolysis) is 1. The van der Waals surface area contributed by atoms with Crippen LogP contribution in [0.5, 0.6) is 0 Å². The standard InChI is InChI=1S/C22H27N3O6/c1-12(26)16-13(2)30-20(17(16)18(23)27)25-19(28)15(11-14-9-7-6-8-10-14)24-21(29)31-22(3,4)5/h6-10,15H,11H2,1-5H3,(H2,23,27)(H,24,29)(H,25,28). The number of ether oxygens (including phenoxy) is 1. The number of hydrogen-bond donors (Lipinski definition) is 3. The van der Waals surface area contributed by atoms with Gasteiger partial charge in [0.1, 0.15) is 23.0 Å². The number of nitrogens with two attached hydrogens (primary N) is 1. The van der Waals surface area contributed by atoms with Gasteiger partial charge in [0.2, 0.25) is 11.8 Å². The SMILES string of the molecule is CC(=O)c1c(C)oc(NC(=O)C(Cc2ccccc2)NC(=O)OC(C)(C)C)c1C(N)=O. The summed E-state index contributed by atoms with van der Waals surface area (Å²) in [4.78, 5) is 49.1. The second-order valence-corrected chi connectivity index (χ2v) is 8.04. The van der Waals surface area contributed by atoms with E-state index >= 15 is 0 Å². The number of ketones is 1. The highest BCUT2D eigenvalue weighted by molar-refractivity contribution is 6.12. The number of nitrogens with one attached hydrogen (secondary N) is 2. The van der Waals surface area contributed by atoms with Gasteiger partial charge in [-0.1, -0.05) is 30.3 Å². The van der Waals surface area contributed by atoms with Crippen molar-refractivity contribution in [2.24, 2.45) is 5.73 Å². The highest BCUT2D eigenvalue weighted by Crippen LogP contribution is 2.27. The Labute approximate surface area is 180 Å². The van der Waals surface area contributed by atoms with E-state index < -0.39 is 35.3 Å². The van der Waals surface area contributed by atoms with Gasteiger partial charge in [-0.2, -0.15) is 0 Å². The van der Waals surface area contributed by atoms with Crippen LogP contribution in [0.15, 0.2) is 34.7 Å². The molecule has 0 fully saturated rings. The van der Waals surface area contributed by atoms with Gasteiger partial charge in [-0.25, -0.2) is 4.79 Å². The number of carbonyl (C=O) groups excluding carboxylic acids is 4. The van der Waals surface area contributed by atoms with Crippen molar-refractivity contribution in [3.63, 3.8) is 0 Å². The van der Waals surface area contributed by atoms with E-state index in [0.717, 1.165) is 5.56 Å². The Morgan fingerprint density at radius 2 is 1.71 bits per heavy atom. The number of rotatable bonds is 7. The van der Waals surface area contributed by atoms with E-state index in [-0.39, 0.29) is 29.2 Å². The van der Waals surface area contributed by atoms with Crippen LogP contribution >= 0.6 is 0 Å². The summed E-state index contributed by atoms with van der Waals surface area (Å²) in [5.74, 6) is -2.11. The first kappa shape index (κ1) is 23.7. The summed E-state index contributed by atoms with van der Waals surface area (Å²) in [6.07, 6.45) is -0.629. The van der Waals surface area contributed by atoms with Crippen molar-refractivity contribution in [1.82, 2.24) is 5.32 Å². The Morgan fingerprint density at radius 1 is 1.10 bits per heavy atom. The number of furan rings is 1. The van der Waals surface area contributed by atoms with Gasteiger partial charge in [0.15, 0.2) is 5.78 Å². The molecule has 0 aliphatic heterocycles. The maximum atomic E-state index is 13.0. The maximum Gasteiger partial charge on any atom is 0.408 e. The summed E-state index contributed by atoms with van der Waals surface area (Å²) in [5.41, 5.74) is 5.22. The van der Waals surface area contributed by atoms with Crippen LogP contribution in [0.2, 0.25) is 0 Å². The Kier molecular flexibility index (Phi) is 7.22. The number of carbonyl (C=O) groups is 4. The lowest BCUT2D eigenvalue weighted by Crippen LogP contribution is -2.47. The lowest BCUT2D eigenvalue weighted by atomic mass is 10.0. The molecule has 1 unspecified atom stereocenters. The van der Waals surface area contributed by atoms with Crippen LogP contribution in [0.4, 0.5) is 10.7 Å². The monoisotopic (exact) mass is 429 g/mol. The van der Waals surface area contributed by atoms with Crippen molar-refractivity contribution < 1.29 is 28.3 Å². The molecule has 0 bridgehead atoms. The third-order valence-electron chi connectivity index (χ3n) is 4.21. The van der Waals surface area contributed by atoms with E-state index in [4.69, 9.17) is 14.9 Å². The molecule has 166 valence electrons. The molecular weight excluding hydrogens is 402 g/mol. The number of anilines is 1. The van der Waals surface area contributed by atoms with Crippen LogP contribution < -0.4 is 16.4 Å². The van der Waals surface area contributed by atoms with Gasteiger partial charge < -0.3 is 20.2 Å². The topological polar surface area (TPSA) is 141 Å². The average molecular weight is 429 g/mol. The zero-order valence-corrected chi connectivity index (χ0v) is 18.2. The van der Waals surface area contributed by atoms with Gasteiger partial charge >= 0.3 is 6.09 Å². The summed E-state index contributed by atoms with van der Waals surface area (Å²) < 4.78 is 10.7. The van der Waals surface area contributed by atoms with Gasteiger partial charge in [-0.05, 0) is 40.2 Å². The van der Waals surface area contributed by atoms with E-state index in [0.29, 0.717) is 0 Å². The minimum absolute atomic E-state index is 0.00232. The van der Waals surface area contributed by atoms with E-state index in [1.54, 1.807) is 45.0 Å². The number of amides is 3. The second kappa shape index (κ2) is 9.46. The Morgan fingerprint density at radius 3 is 2.23 bits per heavy atom. The highest BCUT2D eigenvalue weighted by atomic mass is 16.6. The first-order valence-corrected chi connectivity index (χ1v) is 9.67. The smallest absolute Gasteiger partial charge is 0.408 e.